The summed E-state index contributed by atoms with van der Waals surface area (Å²) in [5.74, 6) is 0.263. The van der Waals surface area contributed by atoms with Crippen molar-refractivity contribution in [2.75, 3.05) is 24.5 Å². The molecule has 1 N–H and O–H groups in total. The lowest BCUT2D eigenvalue weighted by molar-refractivity contribution is -0.119. The number of hydrogen-bond acceptors (Lipinski definition) is 4. The van der Waals surface area contributed by atoms with Crippen LogP contribution in [0.1, 0.15) is 11.1 Å². The third kappa shape index (κ3) is 3.52. The molecule has 1 fully saturated rings. The van der Waals surface area contributed by atoms with E-state index in [1.807, 2.05) is 35.5 Å². The van der Waals surface area contributed by atoms with Gasteiger partial charge in [0.05, 0.1) is 35.0 Å². The monoisotopic (exact) mass is 424 g/mol. The van der Waals surface area contributed by atoms with E-state index in [-0.39, 0.29) is 5.78 Å². The summed E-state index contributed by atoms with van der Waals surface area (Å²) < 4.78 is 0. The van der Waals surface area contributed by atoms with Crippen molar-refractivity contribution < 1.29 is 4.79 Å². The maximum Gasteiger partial charge on any atom is 0.171 e. The van der Waals surface area contributed by atoms with Gasteiger partial charge in [0, 0.05) is 36.4 Å². The number of aromatic amines is 1. The van der Waals surface area contributed by atoms with Gasteiger partial charge < -0.3 is 14.8 Å². The third-order valence-electron chi connectivity index (χ3n) is 5.31. The molecule has 0 aliphatic carbocycles. The molecule has 7 heteroatoms. The molecule has 0 spiro atoms. The SMILES string of the molecule is O=C1CN(c2cnc3[nH]cc(C4=CCN(Cc5ccc(Cl)c(Cl)c5)C=C4)c3c2)C1. The number of carbonyl (C=O) groups excluding carboxylic acids is 1. The number of nitrogens with one attached hydrogen (secondary N) is 1. The first-order valence-corrected chi connectivity index (χ1v) is 10.1. The van der Waals surface area contributed by atoms with E-state index in [0.29, 0.717) is 23.1 Å². The summed E-state index contributed by atoms with van der Waals surface area (Å²) in [5.41, 5.74) is 5.22. The molecule has 2 aliphatic heterocycles. The molecule has 1 saturated heterocycles. The van der Waals surface area contributed by atoms with Gasteiger partial charge in [-0.3, -0.25) is 4.79 Å². The van der Waals surface area contributed by atoms with E-state index >= 15 is 0 Å². The highest BCUT2D eigenvalue weighted by atomic mass is 35.5. The molecule has 146 valence electrons. The van der Waals surface area contributed by atoms with E-state index < -0.39 is 0 Å². The molecule has 2 aromatic heterocycles. The zero-order chi connectivity index (χ0) is 20.0. The number of anilines is 1. The number of allylic oxidation sites excluding steroid dienone is 2. The molecule has 29 heavy (non-hydrogen) atoms. The third-order valence-corrected chi connectivity index (χ3v) is 6.05. The lowest BCUT2D eigenvalue weighted by Gasteiger charge is -2.31. The maximum absolute atomic E-state index is 11.3. The minimum Gasteiger partial charge on any atom is -0.369 e. The number of halogens is 2. The fourth-order valence-electron chi connectivity index (χ4n) is 3.69. The highest BCUT2D eigenvalue weighted by molar-refractivity contribution is 6.42. The zero-order valence-electron chi connectivity index (χ0n) is 15.5. The molecule has 0 radical (unpaired) electrons. The van der Waals surface area contributed by atoms with Crippen molar-refractivity contribution in [1.29, 1.82) is 0 Å². The Hall–Kier alpha value is -2.76. The Kier molecular flexibility index (Phi) is 4.57. The van der Waals surface area contributed by atoms with Gasteiger partial charge in [0.15, 0.2) is 5.78 Å². The first kappa shape index (κ1) is 18.3. The average Bonchev–Trinajstić information content (AvgIpc) is 3.12. The highest BCUT2D eigenvalue weighted by Gasteiger charge is 2.24. The molecule has 3 aromatic rings. The van der Waals surface area contributed by atoms with Crippen LogP contribution in [0.25, 0.3) is 16.6 Å². The lowest BCUT2D eigenvalue weighted by Crippen LogP contribution is -2.47. The van der Waals surface area contributed by atoms with Crippen molar-refractivity contribution in [3.8, 4) is 0 Å². The fraction of sp³-hybridized carbons (Fsp3) is 0.182. The van der Waals surface area contributed by atoms with Crippen LogP contribution >= 0.6 is 23.2 Å². The number of Topliss-reactive ketones (excluding diaryl/α,β-unsaturated/α-hetero) is 1. The maximum atomic E-state index is 11.3. The van der Waals surface area contributed by atoms with Crippen LogP contribution in [0.2, 0.25) is 10.0 Å². The Bertz CT molecular complexity index is 1170. The Balaban J connectivity index is 1.34. The van der Waals surface area contributed by atoms with Crippen LogP contribution in [-0.4, -0.2) is 40.3 Å². The second-order valence-electron chi connectivity index (χ2n) is 7.34. The van der Waals surface area contributed by atoms with Gasteiger partial charge in [-0.25, -0.2) is 4.98 Å². The number of ketones is 1. The van der Waals surface area contributed by atoms with Crippen molar-refractivity contribution in [3.05, 3.63) is 76.2 Å². The number of pyridine rings is 1. The summed E-state index contributed by atoms with van der Waals surface area (Å²) in [7, 11) is 0. The standard InChI is InChI=1S/C22H18Cl2N4O/c23-20-2-1-14(7-21(20)24)11-27-5-3-15(4-6-27)19-10-26-22-18(19)8-16(9-25-22)28-12-17(29)13-28/h1-5,7-10H,6,11-13H2,(H,25,26). The summed E-state index contributed by atoms with van der Waals surface area (Å²) in [6.45, 7) is 2.50. The van der Waals surface area contributed by atoms with Gasteiger partial charge in [-0.15, -0.1) is 0 Å². The van der Waals surface area contributed by atoms with Gasteiger partial charge in [0.1, 0.15) is 5.65 Å². The molecule has 0 atom stereocenters. The first-order valence-electron chi connectivity index (χ1n) is 9.37. The van der Waals surface area contributed by atoms with Crippen molar-refractivity contribution in [3.63, 3.8) is 0 Å². The van der Waals surface area contributed by atoms with Gasteiger partial charge in [-0.1, -0.05) is 35.3 Å². The normalized spacial score (nSPS) is 16.3. The van der Waals surface area contributed by atoms with Crippen molar-refractivity contribution in [2.24, 2.45) is 0 Å². The predicted molar refractivity (Wildman–Crippen MR) is 117 cm³/mol. The molecule has 0 amide bonds. The van der Waals surface area contributed by atoms with Crippen LogP contribution in [0.3, 0.4) is 0 Å². The van der Waals surface area contributed by atoms with Crippen LogP contribution in [0.4, 0.5) is 5.69 Å². The van der Waals surface area contributed by atoms with Crippen LogP contribution < -0.4 is 4.90 Å². The summed E-state index contributed by atoms with van der Waals surface area (Å²) in [6.07, 6.45) is 10.2. The molecule has 0 bridgehead atoms. The minimum absolute atomic E-state index is 0.263. The number of H-pyrrole nitrogens is 1. The van der Waals surface area contributed by atoms with Crippen LogP contribution in [0, 0.1) is 0 Å². The predicted octanol–water partition coefficient (Wildman–Crippen LogP) is 4.67. The highest BCUT2D eigenvalue weighted by Crippen LogP contribution is 2.31. The fourth-order valence-corrected chi connectivity index (χ4v) is 4.01. The van der Waals surface area contributed by atoms with Crippen LogP contribution in [-0.2, 0) is 11.3 Å². The van der Waals surface area contributed by atoms with Crippen LogP contribution in [0.5, 0.6) is 0 Å². The average molecular weight is 425 g/mol. The molecule has 5 nitrogen and oxygen atoms in total. The molecule has 0 saturated carbocycles. The van der Waals surface area contributed by atoms with Gasteiger partial charge in [-0.2, -0.15) is 0 Å². The Morgan fingerprint density at radius 2 is 2.00 bits per heavy atom. The molecule has 0 unspecified atom stereocenters. The number of hydrogen-bond donors (Lipinski definition) is 1. The van der Waals surface area contributed by atoms with E-state index in [4.69, 9.17) is 23.2 Å². The number of nitrogens with zero attached hydrogens (tertiary/aromatic N) is 3. The van der Waals surface area contributed by atoms with Crippen molar-refractivity contribution in [1.82, 2.24) is 14.9 Å². The molecule has 5 rings (SSSR count). The summed E-state index contributed by atoms with van der Waals surface area (Å²) in [5, 5.41) is 2.21. The number of carbonyl (C=O) groups is 1. The minimum atomic E-state index is 0.263. The number of fused-ring (bicyclic) bond motifs is 1. The largest absolute Gasteiger partial charge is 0.369 e. The number of rotatable bonds is 4. The topological polar surface area (TPSA) is 52.2 Å². The summed E-state index contributed by atoms with van der Waals surface area (Å²) in [6, 6.07) is 7.84. The smallest absolute Gasteiger partial charge is 0.171 e. The second kappa shape index (κ2) is 7.25. The Morgan fingerprint density at radius 1 is 1.14 bits per heavy atom. The van der Waals surface area contributed by atoms with Gasteiger partial charge in [-0.05, 0) is 35.4 Å². The van der Waals surface area contributed by atoms with Crippen molar-refractivity contribution in [2.45, 2.75) is 6.54 Å². The Morgan fingerprint density at radius 3 is 2.72 bits per heavy atom. The molecular formula is C22H18Cl2N4O. The zero-order valence-corrected chi connectivity index (χ0v) is 17.0. The van der Waals surface area contributed by atoms with E-state index in [0.717, 1.165) is 46.5 Å². The van der Waals surface area contributed by atoms with E-state index in [9.17, 15) is 4.79 Å². The molecule has 2 aliphatic rings. The quantitative estimate of drug-likeness (QED) is 0.660. The van der Waals surface area contributed by atoms with Gasteiger partial charge in [0.25, 0.3) is 0 Å². The summed E-state index contributed by atoms with van der Waals surface area (Å²) in [4.78, 5) is 23.3. The van der Waals surface area contributed by atoms with E-state index in [2.05, 4.69) is 39.3 Å². The summed E-state index contributed by atoms with van der Waals surface area (Å²) >= 11 is 12.1. The Labute approximate surface area is 178 Å². The van der Waals surface area contributed by atoms with Crippen LogP contribution in [0.15, 0.2) is 55.0 Å². The molecule has 4 heterocycles. The van der Waals surface area contributed by atoms with Crippen molar-refractivity contribution >= 4 is 51.3 Å². The molecular weight excluding hydrogens is 407 g/mol. The first-order chi connectivity index (χ1) is 14.1. The number of aromatic nitrogens is 2. The van der Waals surface area contributed by atoms with Gasteiger partial charge in [0.2, 0.25) is 0 Å². The van der Waals surface area contributed by atoms with E-state index in [1.165, 1.54) is 0 Å². The molecule has 1 aromatic carbocycles. The van der Waals surface area contributed by atoms with E-state index in [1.54, 1.807) is 0 Å². The van der Waals surface area contributed by atoms with Gasteiger partial charge >= 0.3 is 0 Å². The lowest BCUT2D eigenvalue weighted by atomic mass is 10.0. The second-order valence-corrected chi connectivity index (χ2v) is 8.15. The number of benzene rings is 1.